The number of alkyl halides is 1. The van der Waals surface area contributed by atoms with Gasteiger partial charge in [0.15, 0.2) is 10.8 Å². The van der Waals surface area contributed by atoms with Crippen LogP contribution >= 0.6 is 23.2 Å². The molecule has 3 rings (SSSR count). The van der Waals surface area contributed by atoms with Gasteiger partial charge in [0.2, 0.25) is 0 Å². The average molecular weight is 293 g/mol. The Labute approximate surface area is 120 Å². The van der Waals surface area contributed by atoms with E-state index in [1.807, 2.05) is 28.8 Å². The Morgan fingerprint density at radius 2 is 1.84 bits per heavy atom. The van der Waals surface area contributed by atoms with Crippen LogP contribution in [0.5, 0.6) is 0 Å². The molecule has 0 aliphatic heterocycles. The lowest BCUT2D eigenvalue weighted by molar-refractivity contribution is 0.816. The highest BCUT2D eigenvalue weighted by Crippen LogP contribution is 2.20. The van der Waals surface area contributed by atoms with Crippen LogP contribution in [0.25, 0.3) is 11.2 Å². The fourth-order valence-corrected chi connectivity index (χ4v) is 2.52. The van der Waals surface area contributed by atoms with Crippen molar-refractivity contribution in [3.8, 4) is 0 Å². The first kappa shape index (κ1) is 12.4. The fourth-order valence-electron chi connectivity index (χ4n) is 2.02. The maximum Gasteiger partial charge on any atom is 0.182 e. The summed E-state index contributed by atoms with van der Waals surface area (Å²) < 4.78 is 1.93. The Kier molecular flexibility index (Phi) is 3.36. The summed E-state index contributed by atoms with van der Waals surface area (Å²) >= 11 is 12.1. The SMILES string of the molecule is ClCc1ccccc1Cn1cnc2ncnc(Cl)c21. The zero-order valence-electron chi connectivity index (χ0n) is 9.92. The number of imidazole rings is 1. The first-order valence-electron chi connectivity index (χ1n) is 5.73. The van der Waals surface area contributed by atoms with Crippen LogP contribution in [-0.2, 0) is 12.4 Å². The Hall–Kier alpha value is -1.65. The summed E-state index contributed by atoms with van der Waals surface area (Å²) in [5, 5.41) is 0.408. The second-order valence-electron chi connectivity index (χ2n) is 4.11. The smallest absolute Gasteiger partial charge is 0.182 e. The lowest BCUT2D eigenvalue weighted by atomic mass is 10.1. The van der Waals surface area contributed by atoms with E-state index in [9.17, 15) is 0 Å². The van der Waals surface area contributed by atoms with Crippen LogP contribution in [0.3, 0.4) is 0 Å². The fraction of sp³-hybridized carbons (Fsp3) is 0.154. The average Bonchev–Trinajstić information content (AvgIpc) is 2.84. The van der Waals surface area contributed by atoms with E-state index in [2.05, 4.69) is 15.0 Å². The van der Waals surface area contributed by atoms with Crippen LogP contribution in [-0.4, -0.2) is 19.5 Å². The molecule has 6 heteroatoms. The number of hydrogen-bond donors (Lipinski definition) is 0. The van der Waals surface area contributed by atoms with Gasteiger partial charge in [0, 0.05) is 12.4 Å². The number of hydrogen-bond acceptors (Lipinski definition) is 3. The molecule has 0 unspecified atom stereocenters. The van der Waals surface area contributed by atoms with E-state index in [1.165, 1.54) is 6.33 Å². The van der Waals surface area contributed by atoms with Crippen molar-refractivity contribution in [1.29, 1.82) is 0 Å². The quantitative estimate of drug-likeness (QED) is 0.550. The predicted octanol–water partition coefficient (Wildman–Crippen LogP) is 3.27. The minimum absolute atomic E-state index is 0.408. The van der Waals surface area contributed by atoms with Crippen LogP contribution in [0.2, 0.25) is 5.15 Å². The summed E-state index contributed by atoms with van der Waals surface area (Å²) in [6, 6.07) is 8.02. The third-order valence-corrected chi connectivity index (χ3v) is 3.53. The Balaban J connectivity index is 2.06. The molecule has 0 radical (unpaired) electrons. The number of benzene rings is 1. The summed E-state index contributed by atoms with van der Waals surface area (Å²) in [6.45, 7) is 0.645. The molecule has 0 aliphatic carbocycles. The van der Waals surface area contributed by atoms with Crippen molar-refractivity contribution in [2.45, 2.75) is 12.4 Å². The topological polar surface area (TPSA) is 43.6 Å². The van der Waals surface area contributed by atoms with E-state index in [1.54, 1.807) is 6.33 Å². The van der Waals surface area contributed by atoms with Gasteiger partial charge in [-0.15, -0.1) is 11.6 Å². The van der Waals surface area contributed by atoms with Gasteiger partial charge in [-0.25, -0.2) is 15.0 Å². The number of fused-ring (bicyclic) bond motifs is 1. The molecule has 0 spiro atoms. The molecule has 0 bridgehead atoms. The molecule has 0 saturated heterocycles. The largest absolute Gasteiger partial charge is 0.322 e. The van der Waals surface area contributed by atoms with Crippen molar-refractivity contribution in [3.05, 3.63) is 53.2 Å². The highest BCUT2D eigenvalue weighted by atomic mass is 35.5. The van der Waals surface area contributed by atoms with Gasteiger partial charge in [-0.3, -0.25) is 0 Å². The van der Waals surface area contributed by atoms with E-state index in [-0.39, 0.29) is 0 Å². The molecule has 0 N–H and O–H groups in total. The molecule has 2 heterocycles. The summed E-state index contributed by atoms with van der Waals surface area (Å²) in [5.74, 6) is 0.479. The Morgan fingerprint density at radius 3 is 2.63 bits per heavy atom. The van der Waals surface area contributed by atoms with Gasteiger partial charge in [-0.2, -0.15) is 0 Å². The van der Waals surface area contributed by atoms with Crippen molar-refractivity contribution in [3.63, 3.8) is 0 Å². The molecule has 0 saturated carbocycles. The van der Waals surface area contributed by atoms with Gasteiger partial charge in [0.05, 0.1) is 6.33 Å². The molecule has 4 nitrogen and oxygen atoms in total. The first-order valence-corrected chi connectivity index (χ1v) is 6.65. The van der Waals surface area contributed by atoms with Crippen molar-refractivity contribution in [1.82, 2.24) is 19.5 Å². The zero-order valence-corrected chi connectivity index (χ0v) is 11.4. The molecule has 19 heavy (non-hydrogen) atoms. The number of aromatic nitrogens is 4. The van der Waals surface area contributed by atoms with E-state index >= 15 is 0 Å². The van der Waals surface area contributed by atoms with Crippen LogP contribution in [0.1, 0.15) is 11.1 Å². The molecule has 0 aliphatic rings. The number of halogens is 2. The minimum atomic E-state index is 0.408. The summed E-state index contributed by atoms with van der Waals surface area (Å²) in [6.07, 6.45) is 3.13. The summed E-state index contributed by atoms with van der Waals surface area (Å²) in [4.78, 5) is 12.3. The minimum Gasteiger partial charge on any atom is -0.322 e. The second-order valence-corrected chi connectivity index (χ2v) is 4.74. The van der Waals surface area contributed by atoms with E-state index in [0.717, 1.165) is 16.6 Å². The van der Waals surface area contributed by atoms with E-state index in [4.69, 9.17) is 23.2 Å². The van der Waals surface area contributed by atoms with Crippen molar-refractivity contribution >= 4 is 34.4 Å². The van der Waals surface area contributed by atoms with Crippen molar-refractivity contribution in [2.75, 3.05) is 0 Å². The Bertz CT molecular complexity index is 723. The molecule has 96 valence electrons. The lowest BCUT2D eigenvalue weighted by Crippen LogP contribution is -2.01. The molecule has 0 fully saturated rings. The van der Waals surface area contributed by atoms with Crippen LogP contribution < -0.4 is 0 Å². The molecule has 0 atom stereocenters. The van der Waals surface area contributed by atoms with E-state index < -0.39 is 0 Å². The molecular weight excluding hydrogens is 283 g/mol. The normalized spacial score (nSPS) is 11.1. The van der Waals surface area contributed by atoms with Gasteiger partial charge >= 0.3 is 0 Å². The van der Waals surface area contributed by atoms with Gasteiger partial charge in [-0.1, -0.05) is 35.9 Å². The molecule has 2 aromatic heterocycles. The van der Waals surface area contributed by atoms with Crippen LogP contribution in [0.15, 0.2) is 36.9 Å². The van der Waals surface area contributed by atoms with Crippen molar-refractivity contribution in [2.24, 2.45) is 0 Å². The zero-order chi connectivity index (χ0) is 13.2. The molecule has 3 aromatic rings. The highest BCUT2D eigenvalue weighted by molar-refractivity contribution is 6.33. The third-order valence-electron chi connectivity index (χ3n) is 2.97. The first-order chi connectivity index (χ1) is 9.29. The molecule has 1 aromatic carbocycles. The second kappa shape index (κ2) is 5.15. The van der Waals surface area contributed by atoms with Gasteiger partial charge in [-0.05, 0) is 11.1 Å². The van der Waals surface area contributed by atoms with Crippen LogP contribution in [0, 0.1) is 0 Å². The van der Waals surface area contributed by atoms with E-state index in [0.29, 0.717) is 23.2 Å². The number of rotatable bonds is 3. The summed E-state index contributed by atoms with van der Waals surface area (Å²) in [5.41, 5.74) is 3.58. The standard InChI is InChI=1S/C13H10Cl2N4/c14-5-9-3-1-2-4-10(9)6-19-8-18-13-11(19)12(15)16-7-17-13/h1-4,7-8H,5-6H2. The number of nitrogens with zero attached hydrogens (tertiary/aromatic N) is 4. The Morgan fingerprint density at radius 1 is 1.05 bits per heavy atom. The molecule has 0 amide bonds. The van der Waals surface area contributed by atoms with Crippen molar-refractivity contribution < 1.29 is 0 Å². The van der Waals surface area contributed by atoms with Gasteiger partial charge in [0.25, 0.3) is 0 Å². The maximum absolute atomic E-state index is 6.11. The lowest BCUT2D eigenvalue weighted by Gasteiger charge is -2.08. The van der Waals surface area contributed by atoms with Gasteiger partial charge < -0.3 is 4.57 Å². The van der Waals surface area contributed by atoms with Crippen LogP contribution in [0.4, 0.5) is 0 Å². The third kappa shape index (κ3) is 2.29. The highest BCUT2D eigenvalue weighted by Gasteiger charge is 2.10. The monoisotopic (exact) mass is 292 g/mol. The predicted molar refractivity (Wildman–Crippen MR) is 75.4 cm³/mol. The maximum atomic E-state index is 6.11. The summed E-state index contributed by atoms with van der Waals surface area (Å²) in [7, 11) is 0. The van der Waals surface area contributed by atoms with Gasteiger partial charge in [0.1, 0.15) is 11.8 Å². The molecular formula is C13H10Cl2N4.